The normalized spacial score (nSPS) is 14.2. The summed E-state index contributed by atoms with van der Waals surface area (Å²) in [5.74, 6) is 7.03. The second-order valence-corrected chi connectivity index (χ2v) is 6.25. The average molecular weight is 306 g/mol. The first kappa shape index (κ1) is 13.2. The molecule has 4 rings (SSSR count). The molecule has 108 valence electrons. The zero-order valence-corrected chi connectivity index (χ0v) is 12.7. The molecule has 3 aromatic rings. The minimum atomic E-state index is 0.669. The zero-order valence-electron chi connectivity index (χ0n) is 11.9. The fraction of sp³-hybridized carbons (Fsp3) is 0.235. The first-order chi connectivity index (χ1) is 10.9. The Balaban J connectivity index is 1.56. The van der Waals surface area contributed by atoms with Crippen LogP contribution in [0.1, 0.15) is 41.4 Å². The molecule has 1 N–H and O–H groups in total. The molecule has 0 spiro atoms. The Morgan fingerprint density at radius 2 is 2.18 bits per heavy atom. The van der Waals surface area contributed by atoms with Crippen LogP contribution in [0.5, 0.6) is 0 Å². The van der Waals surface area contributed by atoms with Gasteiger partial charge in [0.2, 0.25) is 0 Å². The number of nitrogens with one attached hydrogen (secondary N) is 1. The summed E-state index contributed by atoms with van der Waals surface area (Å²) in [7, 11) is 0. The van der Waals surface area contributed by atoms with E-state index in [1.54, 1.807) is 17.5 Å². The number of aromatic amines is 1. The summed E-state index contributed by atoms with van der Waals surface area (Å²) >= 11 is 1.64. The van der Waals surface area contributed by atoms with Gasteiger partial charge in [0.25, 0.3) is 0 Å². The number of thiazole rings is 1. The van der Waals surface area contributed by atoms with Crippen LogP contribution in [0.2, 0.25) is 0 Å². The van der Waals surface area contributed by atoms with Gasteiger partial charge >= 0.3 is 0 Å². The molecule has 2 heterocycles. The second-order valence-electron chi connectivity index (χ2n) is 5.39. The fourth-order valence-corrected chi connectivity index (χ4v) is 3.20. The Labute approximate surface area is 132 Å². The lowest BCUT2D eigenvalue weighted by atomic mass is 9.83. The largest absolute Gasteiger partial charge is 0.232 e. The Morgan fingerprint density at radius 3 is 2.95 bits per heavy atom. The summed E-state index contributed by atoms with van der Waals surface area (Å²) in [6.07, 6.45) is 5.59. The van der Waals surface area contributed by atoms with Crippen LogP contribution in [0, 0.1) is 11.8 Å². The maximum atomic E-state index is 4.64. The van der Waals surface area contributed by atoms with Crippen molar-refractivity contribution in [3.05, 3.63) is 52.1 Å². The number of nitrogens with zero attached hydrogens (tertiary/aromatic N) is 3. The van der Waals surface area contributed by atoms with Crippen LogP contribution >= 0.6 is 11.3 Å². The van der Waals surface area contributed by atoms with Crippen molar-refractivity contribution in [2.24, 2.45) is 0 Å². The van der Waals surface area contributed by atoms with E-state index in [1.807, 2.05) is 24.3 Å². The van der Waals surface area contributed by atoms with E-state index in [4.69, 9.17) is 0 Å². The van der Waals surface area contributed by atoms with E-state index in [0.29, 0.717) is 5.92 Å². The van der Waals surface area contributed by atoms with Crippen molar-refractivity contribution in [1.82, 2.24) is 20.4 Å². The number of rotatable bonds is 2. The molecule has 1 aromatic carbocycles. The fourth-order valence-electron chi connectivity index (χ4n) is 2.46. The van der Waals surface area contributed by atoms with Crippen molar-refractivity contribution in [2.45, 2.75) is 25.2 Å². The van der Waals surface area contributed by atoms with Gasteiger partial charge in [-0.1, -0.05) is 24.5 Å². The highest BCUT2D eigenvalue weighted by atomic mass is 32.1. The monoisotopic (exact) mass is 306 g/mol. The maximum Gasteiger partial charge on any atom is 0.167 e. The highest BCUT2D eigenvalue weighted by molar-refractivity contribution is 7.10. The van der Waals surface area contributed by atoms with Gasteiger partial charge in [-0.25, -0.2) is 4.98 Å². The summed E-state index contributed by atoms with van der Waals surface area (Å²) in [5.41, 5.74) is 4.01. The SMILES string of the molecule is C(#Cc1nc(C2CCC2)cs1)c1cccc(-c2cn[nH]n2)c1. The average Bonchev–Trinajstić information content (AvgIpc) is 3.15. The molecule has 1 aliphatic rings. The number of benzene rings is 1. The van der Waals surface area contributed by atoms with Crippen LogP contribution in [0.25, 0.3) is 11.3 Å². The highest BCUT2D eigenvalue weighted by Gasteiger charge is 2.21. The molecule has 0 unspecified atom stereocenters. The molecule has 1 saturated carbocycles. The van der Waals surface area contributed by atoms with Crippen LogP contribution < -0.4 is 0 Å². The van der Waals surface area contributed by atoms with Crippen LogP contribution in [-0.2, 0) is 0 Å². The molecule has 0 atom stereocenters. The van der Waals surface area contributed by atoms with Crippen molar-refractivity contribution >= 4 is 11.3 Å². The lowest BCUT2D eigenvalue weighted by Gasteiger charge is -2.22. The van der Waals surface area contributed by atoms with Gasteiger partial charge in [0.1, 0.15) is 5.69 Å². The Morgan fingerprint density at radius 1 is 1.23 bits per heavy atom. The molecule has 0 amide bonds. The van der Waals surface area contributed by atoms with E-state index in [9.17, 15) is 0 Å². The maximum absolute atomic E-state index is 4.64. The minimum Gasteiger partial charge on any atom is -0.232 e. The molecular formula is C17H14N4S. The van der Waals surface area contributed by atoms with Gasteiger partial charge in [0.05, 0.1) is 11.9 Å². The van der Waals surface area contributed by atoms with Gasteiger partial charge in [-0.2, -0.15) is 15.4 Å². The zero-order chi connectivity index (χ0) is 14.8. The lowest BCUT2D eigenvalue weighted by Crippen LogP contribution is -2.08. The summed E-state index contributed by atoms with van der Waals surface area (Å²) in [5, 5.41) is 13.6. The third kappa shape index (κ3) is 2.66. The third-order valence-corrected chi connectivity index (χ3v) is 4.71. The first-order valence-corrected chi connectivity index (χ1v) is 8.20. The van der Waals surface area contributed by atoms with Gasteiger partial charge in [0.15, 0.2) is 5.01 Å². The molecule has 22 heavy (non-hydrogen) atoms. The van der Waals surface area contributed by atoms with Crippen molar-refractivity contribution in [2.75, 3.05) is 0 Å². The van der Waals surface area contributed by atoms with Crippen molar-refractivity contribution < 1.29 is 0 Å². The Bertz CT molecular complexity index is 835. The molecule has 0 aliphatic heterocycles. The van der Waals surface area contributed by atoms with E-state index < -0.39 is 0 Å². The van der Waals surface area contributed by atoms with Crippen molar-refractivity contribution in [3.63, 3.8) is 0 Å². The predicted octanol–water partition coefficient (Wildman–Crippen LogP) is 3.60. The Hall–Kier alpha value is -2.45. The van der Waals surface area contributed by atoms with Gasteiger partial charge < -0.3 is 0 Å². The predicted molar refractivity (Wildman–Crippen MR) is 86.5 cm³/mol. The van der Waals surface area contributed by atoms with Crippen molar-refractivity contribution in [3.8, 4) is 23.1 Å². The van der Waals surface area contributed by atoms with Gasteiger partial charge in [0, 0.05) is 22.4 Å². The molecule has 4 nitrogen and oxygen atoms in total. The summed E-state index contributed by atoms with van der Waals surface area (Å²) in [6, 6.07) is 8.00. The molecule has 5 heteroatoms. The summed E-state index contributed by atoms with van der Waals surface area (Å²) in [6.45, 7) is 0. The summed E-state index contributed by atoms with van der Waals surface area (Å²) < 4.78 is 0. The minimum absolute atomic E-state index is 0.669. The van der Waals surface area contributed by atoms with Gasteiger partial charge in [-0.15, -0.1) is 11.3 Å². The van der Waals surface area contributed by atoms with E-state index >= 15 is 0 Å². The standard InChI is InChI=1S/C17H14N4S/c1-3-12(9-14(6-1)15-10-18-21-20-15)7-8-17-19-16(11-22-17)13-4-2-5-13/h1,3,6,9-11,13H,2,4-5H2,(H,18,20,21). The number of hydrogen-bond donors (Lipinski definition) is 1. The third-order valence-electron chi connectivity index (χ3n) is 3.93. The molecule has 1 fully saturated rings. The molecular weight excluding hydrogens is 292 g/mol. The molecule has 1 aliphatic carbocycles. The van der Waals surface area contributed by atoms with Gasteiger partial charge in [-0.3, -0.25) is 0 Å². The van der Waals surface area contributed by atoms with E-state index in [2.05, 4.69) is 37.6 Å². The highest BCUT2D eigenvalue weighted by Crippen LogP contribution is 2.36. The van der Waals surface area contributed by atoms with Crippen LogP contribution in [0.4, 0.5) is 0 Å². The van der Waals surface area contributed by atoms with Crippen LogP contribution in [0.3, 0.4) is 0 Å². The molecule has 2 aromatic heterocycles. The van der Waals surface area contributed by atoms with Gasteiger partial charge in [-0.05, 0) is 30.9 Å². The molecule has 0 saturated heterocycles. The number of hydrogen-bond acceptors (Lipinski definition) is 4. The van der Waals surface area contributed by atoms with E-state index in [-0.39, 0.29) is 0 Å². The smallest absolute Gasteiger partial charge is 0.167 e. The quantitative estimate of drug-likeness (QED) is 0.736. The topological polar surface area (TPSA) is 54.5 Å². The van der Waals surface area contributed by atoms with Crippen molar-refractivity contribution in [1.29, 1.82) is 0 Å². The molecule has 0 radical (unpaired) electrons. The lowest BCUT2D eigenvalue weighted by molar-refractivity contribution is 0.412. The number of aromatic nitrogens is 4. The molecule has 0 bridgehead atoms. The van der Waals surface area contributed by atoms with E-state index in [0.717, 1.165) is 21.8 Å². The van der Waals surface area contributed by atoms with Crippen LogP contribution in [-0.4, -0.2) is 20.4 Å². The van der Waals surface area contributed by atoms with E-state index in [1.165, 1.54) is 25.0 Å². The first-order valence-electron chi connectivity index (χ1n) is 7.32. The van der Waals surface area contributed by atoms with Crippen LogP contribution in [0.15, 0.2) is 35.8 Å². The number of H-pyrrole nitrogens is 1. The summed E-state index contributed by atoms with van der Waals surface area (Å²) in [4.78, 5) is 4.64. The second kappa shape index (κ2) is 5.74. The Kier molecular flexibility index (Phi) is 3.45.